The van der Waals surface area contributed by atoms with Crippen LogP contribution in [0.25, 0.3) is 0 Å². The van der Waals surface area contributed by atoms with E-state index in [-0.39, 0.29) is 16.3 Å². The van der Waals surface area contributed by atoms with Crippen molar-refractivity contribution in [1.82, 2.24) is 0 Å². The highest BCUT2D eigenvalue weighted by Gasteiger charge is 2.14. The zero-order valence-electron chi connectivity index (χ0n) is 11.6. The highest BCUT2D eigenvalue weighted by Crippen LogP contribution is 2.20. The molecule has 0 radical (unpaired) electrons. The van der Waals surface area contributed by atoms with Crippen LogP contribution in [0.2, 0.25) is 5.02 Å². The van der Waals surface area contributed by atoms with Crippen molar-refractivity contribution in [2.45, 2.75) is 0 Å². The third-order valence-corrected chi connectivity index (χ3v) is 3.56. The molecule has 2 aromatic rings. The summed E-state index contributed by atoms with van der Waals surface area (Å²) in [6, 6.07) is 8.43. The number of hydrogen-bond donors (Lipinski definition) is 2. The molecule has 0 fully saturated rings. The maximum absolute atomic E-state index is 13.0. The second-order valence-electron chi connectivity index (χ2n) is 4.48. The molecule has 0 aliphatic heterocycles. The quantitative estimate of drug-likeness (QED) is 0.606. The number of hydrogen-bond acceptors (Lipinski definition) is 4. The molecule has 120 valence electrons. The van der Waals surface area contributed by atoms with E-state index in [2.05, 4.69) is 21.2 Å². The molecule has 2 rings (SSSR count). The molecular weight excluding hydrogens is 391 g/mol. The van der Waals surface area contributed by atoms with Gasteiger partial charge in [-0.05, 0) is 36.4 Å². The van der Waals surface area contributed by atoms with Crippen molar-refractivity contribution in [3.05, 3.63) is 57.3 Å². The van der Waals surface area contributed by atoms with Gasteiger partial charge in [-0.2, -0.15) is 0 Å². The van der Waals surface area contributed by atoms with Crippen LogP contribution in [0.3, 0.4) is 0 Å². The standard InChI is InChI=1S/C15H11BrClFN2O3/c16-8-1-4-13(19)10(5-8)15(22)23-7-14(21)20-9-2-3-12(18)11(17)6-9/h1-6H,7,19H2,(H,20,21). The summed E-state index contributed by atoms with van der Waals surface area (Å²) in [4.78, 5) is 23.6. The molecule has 0 aromatic heterocycles. The average molecular weight is 402 g/mol. The molecule has 0 unspecified atom stereocenters. The maximum atomic E-state index is 13.0. The lowest BCUT2D eigenvalue weighted by Crippen LogP contribution is -2.21. The Hall–Kier alpha value is -2.12. The molecule has 0 aliphatic rings. The number of esters is 1. The highest BCUT2D eigenvalue weighted by molar-refractivity contribution is 9.10. The van der Waals surface area contributed by atoms with E-state index in [0.717, 1.165) is 6.07 Å². The Labute approximate surface area is 144 Å². The minimum Gasteiger partial charge on any atom is -0.452 e. The van der Waals surface area contributed by atoms with Crippen LogP contribution in [-0.4, -0.2) is 18.5 Å². The van der Waals surface area contributed by atoms with Crippen LogP contribution in [0.4, 0.5) is 15.8 Å². The van der Waals surface area contributed by atoms with Gasteiger partial charge in [0.15, 0.2) is 6.61 Å². The first kappa shape index (κ1) is 17.2. The van der Waals surface area contributed by atoms with Crippen molar-refractivity contribution in [1.29, 1.82) is 0 Å². The normalized spacial score (nSPS) is 10.2. The third-order valence-electron chi connectivity index (χ3n) is 2.77. The Balaban J connectivity index is 1.94. The Kier molecular flexibility index (Phi) is 5.57. The monoisotopic (exact) mass is 400 g/mol. The number of carbonyl (C=O) groups is 2. The van der Waals surface area contributed by atoms with Gasteiger partial charge < -0.3 is 15.8 Å². The van der Waals surface area contributed by atoms with Crippen LogP contribution < -0.4 is 11.1 Å². The highest BCUT2D eigenvalue weighted by atomic mass is 79.9. The van der Waals surface area contributed by atoms with E-state index < -0.39 is 24.3 Å². The number of benzene rings is 2. The van der Waals surface area contributed by atoms with Crippen LogP contribution >= 0.6 is 27.5 Å². The predicted molar refractivity (Wildman–Crippen MR) is 88.9 cm³/mol. The average Bonchev–Trinajstić information content (AvgIpc) is 2.51. The molecule has 3 N–H and O–H groups in total. The number of nitrogens with two attached hydrogens (primary N) is 1. The molecule has 0 spiro atoms. The van der Waals surface area contributed by atoms with Gasteiger partial charge in [-0.3, -0.25) is 4.79 Å². The van der Waals surface area contributed by atoms with Gasteiger partial charge in [0, 0.05) is 15.8 Å². The molecule has 0 aliphatic carbocycles. The molecular formula is C15H11BrClFN2O3. The molecule has 0 heterocycles. The second kappa shape index (κ2) is 7.43. The molecule has 0 bridgehead atoms. The lowest BCUT2D eigenvalue weighted by Gasteiger charge is -2.08. The zero-order chi connectivity index (χ0) is 17.0. The number of anilines is 2. The fraction of sp³-hybridized carbons (Fsp3) is 0.0667. The summed E-state index contributed by atoms with van der Waals surface area (Å²) < 4.78 is 18.6. The van der Waals surface area contributed by atoms with Crippen molar-refractivity contribution in [2.24, 2.45) is 0 Å². The van der Waals surface area contributed by atoms with Gasteiger partial charge in [-0.25, -0.2) is 9.18 Å². The van der Waals surface area contributed by atoms with Crippen LogP contribution in [0.5, 0.6) is 0 Å². The lowest BCUT2D eigenvalue weighted by atomic mass is 10.2. The number of carbonyl (C=O) groups excluding carboxylic acids is 2. The van der Waals surface area contributed by atoms with Gasteiger partial charge in [0.05, 0.1) is 10.6 Å². The largest absolute Gasteiger partial charge is 0.452 e. The number of halogens is 3. The van der Waals surface area contributed by atoms with Crippen LogP contribution in [0.15, 0.2) is 40.9 Å². The van der Waals surface area contributed by atoms with Crippen molar-refractivity contribution < 1.29 is 18.7 Å². The first-order valence-corrected chi connectivity index (χ1v) is 7.51. The molecule has 0 saturated heterocycles. The summed E-state index contributed by atoms with van der Waals surface area (Å²) in [6.07, 6.45) is 0. The van der Waals surface area contributed by atoms with Crippen LogP contribution in [0.1, 0.15) is 10.4 Å². The van der Waals surface area contributed by atoms with E-state index in [4.69, 9.17) is 22.1 Å². The van der Waals surface area contributed by atoms with Crippen molar-refractivity contribution in [2.75, 3.05) is 17.7 Å². The Bertz CT molecular complexity index is 770. The van der Waals surface area contributed by atoms with Gasteiger partial charge in [-0.15, -0.1) is 0 Å². The Morgan fingerprint density at radius 1 is 1.26 bits per heavy atom. The number of rotatable bonds is 4. The van der Waals surface area contributed by atoms with Crippen LogP contribution in [0, 0.1) is 5.82 Å². The molecule has 0 saturated carbocycles. The summed E-state index contributed by atoms with van der Waals surface area (Å²) in [5.74, 6) is -1.91. The molecule has 1 amide bonds. The minimum absolute atomic E-state index is 0.123. The molecule has 0 atom stereocenters. The first-order valence-electron chi connectivity index (χ1n) is 6.34. The van der Waals surface area contributed by atoms with Gasteiger partial charge >= 0.3 is 5.97 Å². The number of ether oxygens (including phenoxy) is 1. The van der Waals surface area contributed by atoms with Crippen molar-refractivity contribution >= 4 is 50.8 Å². The summed E-state index contributed by atoms with van der Waals surface area (Å²) in [5, 5.41) is 2.31. The molecule has 5 nitrogen and oxygen atoms in total. The first-order chi connectivity index (χ1) is 10.9. The van der Waals surface area contributed by atoms with E-state index >= 15 is 0 Å². The maximum Gasteiger partial charge on any atom is 0.340 e. The van der Waals surface area contributed by atoms with E-state index in [1.54, 1.807) is 12.1 Å². The number of nitrogens with one attached hydrogen (secondary N) is 1. The van der Waals surface area contributed by atoms with E-state index in [1.165, 1.54) is 18.2 Å². The van der Waals surface area contributed by atoms with Crippen molar-refractivity contribution in [3.8, 4) is 0 Å². The molecule has 8 heteroatoms. The number of nitrogen functional groups attached to an aromatic ring is 1. The lowest BCUT2D eigenvalue weighted by molar-refractivity contribution is -0.119. The van der Waals surface area contributed by atoms with Crippen molar-refractivity contribution in [3.63, 3.8) is 0 Å². The topological polar surface area (TPSA) is 81.4 Å². The fourth-order valence-corrected chi connectivity index (χ4v) is 2.23. The smallest absolute Gasteiger partial charge is 0.340 e. The third kappa shape index (κ3) is 4.67. The Morgan fingerprint density at radius 3 is 2.70 bits per heavy atom. The predicted octanol–water partition coefficient (Wildman–Crippen LogP) is 3.62. The summed E-state index contributed by atoms with van der Waals surface area (Å²) in [6.45, 7) is -0.514. The number of amides is 1. The van der Waals surface area contributed by atoms with E-state index in [0.29, 0.717) is 10.2 Å². The Morgan fingerprint density at radius 2 is 2.00 bits per heavy atom. The van der Waals surface area contributed by atoms with Gasteiger partial charge in [-0.1, -0.05) is 27.5 Å². The van der Waals surface area contributed by atoms with E-state index in [9.17, 15) is 14.0 Å². The van der Waals surface area contributed by atoms with Gasteiger partial charge in [0.25, 0.3) is 5.91 Å². The second-order valence-corrected chi connectivity index (χ2v) is 5.81. The SMILES string of the molecule is Nc1ccc(Br)cc1C(=O)OCC(=O)Nc1ccc(F)c(Cl)c1. The summed E-state index contributed by atoms with van der Waals surface area (Å²) in [7, 11) is 0. The zero-order valence-corrected chi connectivity index (χ0v) is 13.9. The fourth-order valence-electron chi connectivity index (χ4n) is 1.69. The van der Waals surface area contributed by atoms with Crippen LogP contribution in [-0.2, 0) is 9.53 Å². The van der Waals surface area contributed by atoms with Gasteiger partial charge in [0.1, 0.15) is 5.82 Å². The summed E-state index contributed by atoms with van der Waals surface area (Å²) in [5.41, 5.74) is 6.36. The minimum atomic E-state index is -0.726. The molecule has 23 heavy (non-hydrogen) atoms. The molecule has 2 aromatic carbocycles. The summed E-state index contributed by atoms with van der Waals surface area (Å²) >= 11 is 8.82. The van der Waals surface area contributed by atoms with E-state index in [1.807, 2.05) is 0 Å². The van der Waals surface area contributed by atoms with Gasteiger partial charge in [0.2, 0.25) is 0 Å².